The van der Waals surface area contributed by atoms with Crippen molar-refractivity contribution in [3.63, 3.8) is 0 Å². The number of aromatic nitrogens is 1. The molecule has 0 aliphatic carbocycles. The van der Waals surface area contributed by atoms with Crippen LogP contribution in [0.2, 0.25) is 0 Å². The lowest BCUT2D eigenvalue weighted by atomic mass is 9.99. The van der Waals surface area contributed by atoms with Gasteiger partial charge < -0.3 is 20.3 Å². The summed E-state index contributed by atoms with van der Waals surface area (Å²) >= 11 is 0. The molecule has 4 rings (SSSR count). The van der Waals surface area contributed by atoms with Gasteiger partial charge in [0, 0.05) is 30.1 Å². The molecule has 0 unspecified atom stereocenters. The predicted octanol–water partition coefficient (Wildman–Crippen LogP) is 5.11. The van der Waals surface area contributed by atoms with E-state index in [9.17, 15) is 18.7 Å². The van der Waals surface area contributed by atoms with Crippen LogP contribution < -0.4 is 10.6 Å². The Morgan fingerprint density at radius 3 is 2.50 bits per heavy atom. The molecule has 4 aromatic rings. The van der Waals surface area contributed by atoms with Crippen LogP contribution in [0, 0.1) is 11.6 Å². The number of halogens is 2. The Hall–Kier alpha value is -3.62. The van der Waals surface area contributed by atoms with Gasteiger partial charge in [0.15, 0.2) is 5.58 Å². The number of carbonyl (C=O) groups is 1. The molecule has 0 aliphatic rings. The number of carbonyl (C=O) groups excluding carboxylic acids is 1. The molecule has 3 N–H and O–H groups in total. The first kappa shape index (κ1) is 27.4. The summed E-state index contributed by atoms with van der Waals surface area (Å²) in [6, 6.07) is 15.6. The van der Waals surface area contributed by atoms with Gasteiger partial charge in [-0.05, 0) is 66.3 Å². The summed E-state index contributed by atoms with van der Waals surface area (Å²) in [4.78, 5) is 13.2. The third kappa shape index (κ3) is 7.02. The van der Waals surface area contributed by atoms with Gasteiger partial charge in [0.1, 0.15) is 11.6 Å². The van der Waals surface area contributed by atoms with Crippen molar-refractivity contribution < 1.29 is 23.2 Å². The van der Waals surface area contributed by atoms with E-state index in [1.807, 2.05) is 19.1 Å². The van der Waals surface area contributed by atoms with Gasteiger partial charge in [-0.2, -0.15) is 0 Å². The van der Waals surface area contributed by atoms with Crippen molar-refractivity contribution in [2.75, 3.05) is 6.54 Å². The molecule has 1 heterocycles. The lowest BCUT2D eigenvalue weighted by molar-refractivity contribution is 0.0830. The molecular formula is C30H33F2N3O3. The summed E-state index contributed by atoms with van der Waals surface area (Å²) in [6.07, 6.45) is 1.55. The molecule has 0 saturated heterocycles. The van der Waals surface area contributed by atoms with Gasteiger partial charge in [0.2, 0.25) is 0 Å². The summed E-state index contributed by atoms with van der Waals surface area (Å²) in [6.45, 7) is 4.83. The van der Waals surface area contributed by atoms with Crippen LogP contribution in [0.25, 0.3) is 11.0 Å². The van der Waals surface area contributed by atoms with E-state index in [0.717, 1.165) is 42.0 Å². The second-order valence-corrected chi connectivity index (χ2v) is 9.52. The van der Waals surface area contributed by atoms with Crippen LogP contribution in [0.1, 0.15) is 53.0 Å². The van der Waals surface area contributed by atoms with Crippen molar-refractivity contribution >= 4 is 16.9 Å². The number of benzene rings is 3. The first-order valence-corrected chi connectivity index (χ1v) is 13.0. The summed E-state index contributed by atoms with van der Waals surface area (Å²) in [5, 5.41) is 22.0. The van der Waals surface area contributed by atoms with E-state index < -0.39 is 29.7 Å². The quantitative estimate of drug-likeness (QED) is 0.241. The zero-order chi connectivity index (χ0) is 27.1. The second-order valence-electron chi connectivity index (χ2n) is 9.52. The number of nitrogens with zero attached hydrogens (tertiary/aromatic N) is 1. The Labute approximate surface area is 221 Å². The van der Waals surface area contributed by atoms with Crippen LogP contribution in [0.15, 0.2) is 65.2 Å². The number of aliphatic hydroxyl groups excluding tert-OH is 1. The van der Waals surface area contributed by atoms with Gasteiger partial charge in [-0.1, -0.05) is 49.7 Å². The molecule has 0 spiro atoms. The predicted molar refractivity (Wildman–Crippen MR) is 143 cm³/mol. The normalized spacial score (nSPS) is 13.0. The number of fused-ring (bicyclic) bond motifs is 1. The van der Waals surface area contributed by atoms with Crippen molar-refractivity contribution in [1.82, 2.24) is 15.8 Å². The van der Waals surface area contributed by atoms with Gasteiger partial charge in [0.25, 0.3) is 5.91 Å². The molecule has 3 aromatic carbocycles. The molecule has 0 radical (unpaired) electrons. The minimum absolute atomic E-state index is 0.0468. The standard InChI is InChI=1S/C30H33F2N3O3/c1-3-6-26-25-15-22(9-10-29(25)38-35-26)30(37)34-27(14-21-12-23(31)16-24(32)13-21)28(36)18-33-17-20-8-5-7-19(4-2)11-20/h5,7-13,15-16,27-28,33,36H,3-4,6,14,17-18H2,1-2H3,(H,34,37)/t27-,28+/m0/s1. The summed E-state index contributed by atoms with van der Waals surface area (Å²) in [5.74, 6) is -1.84. The molecule has 2 atom stereocenters. The third-order valence-electron chi connectivity index (χ3n) is 6.53. The molecule has 0 aliphatic heterocycles. The molecule has 38 heavy (non-hydrogen) atoms. The number of aryl methyl sites for hydroxylation is 2. The van der Waals surface area contributed by atoms with E-state index in [2.05, 4.69) is 34.8 Å². The Kier molecular flexibility index (Phi) is 9.20. The van der Waals surface area contributed by atoms with E-state index in [1.54, 1.807) is 18.2 Å². The monoisotopic (exact) mass is 521 g/mol. The Balaban J connectivity index is 1.50. The van der Waals surface area contributed by atoms with Gasteiger partial charge >= 0.3 is 0 Å². The van der Waals surface area contributed by atoms with Crippen molar-refractivity contribution in [2.24, 2.45) is 0 Å². The highest BCUT2D eigenvalue weighted by atomic mass is 19.1. The molecule has 0 bridgehead atoms. The van der Waals surface area contributed by atoms with Crippen LogP contribution in [0.4, 0.5) is 8.78 Å². The minimum atomic E-state index is -1.02. The summed E-state index contributed by atoms with van der Waals surface area (Å²) in [7, 11) is 0. The molecular weight excluding hydrogens is 488 g/mol. The average Bonchev–Trinajstić information content (AvgIpc) is 3.30. The summed E-state index contributed by atoms with van der Waals surface area (Å²) in [5.41, 5.74) is 4.38. The van der Waals surface area contributed by atoms with Crippen LogP contribution in [-0.4, -0.2) is 34.9 Å². The molecule has 6 nitrogen and oxygen atoms in total. The maximum atomic E-state index is 13.9. The maximum absolute atomic E-state index is 13.9. The van der Waals surface area contributed by atoms with Crippen molar-refractivity contribution in [3.05, 3.63) is 100 Å². The molecule has 1 amide bonds. The minimum Gasteiger partial charge on any atom is -0.390 e. The molecule has 8 heteroatoms. The van der Waals surface area contributed by atoms with E-state index in [4.69, 9.17) is 4.52 Å². The lowest BCUT2D eigenvalue weighted by Gasteiger charge is -2.25. The largest absolute Gasteiger partial charge is 0.390 e. The first-order valence-electron chi connectivity index (χ1n) is 13.0. The number of hydrogen-bond donors (Lipinski definition) is 3. The third-order valence-corrected chi connectivity index (χ3v) is 6.53. The lowest BCUT2D eigenvalue weighted by Crippen LogP contribution is -2.48. The van der Waals surface area contributed by atoms with Crippen molar-refractivity contribution in [2.45, 2.75) is 58.2 Å². The molecule has 200 valence electrons. The summed E-state index contributed by atoms with van der Waals surface area (Å²) < 4.78 is 33.1. The van der Waals surface area contributed by atoms with Crippen molar-refractivity contribution in [1.29, 1.82) is 0 Å². The molecule has 0 fully saturated rings. The zero-order valence-electron chi connectivity index (χ0n) is 21.6. The molecule has 1 aromatic heterocycles. The number of aliphatic hydroxyl groups is 1. The van der Waals surface area contributed by atoms with E-state index >= 15 is 0 Å². The second kappa shape index (κ2) is 12.8. The van der Waals surface area contributed by atoms with Crippen LogP contribution in [-0.2, 0) is 25.8 Å². The Bertz CT molecular complexity index is 1370. The number of nitrogens with one attached hydrogen (secondary N) is 2. The molecule has 0 saturated carbocycles. The van der Waals surface area contributed by atoms with Crippen molar-refractivity contribution in [3.8, 4) is 0 Å². The van der Waals surface area contributed by atoms with E-state index in [-0.39, 0.29) is 13.0 Å². The Morgan fingerprint density at radius 1 is 1.00 bits per heavy atom. The number of rotatable bonds is 12. The van der Waals surface area contributed by atoms with Gasteiger partial charge in [0.05, 0.1) is 17.8 Å². The topological polar surface area (TPSA) is 87.4 Å². The smallest absolute Gasteiger partial charge is 0.251 e. The van der Waals surface area contributed by atoms with Gasteiger partial charge in [-0.25, -0.2) is 8.78 Å². The van der Waals surface area contributed by atoms with Crippen LogP contribution >= 0.6 is 0 Å². The highest BCUT2D eigenvalue weighted by molar-refractivity contribution is 5.98. The average molecular weight is 522 g/mol. The fourth-order valence-electron chi connectivity index (χ4n) is 4.53. The fourth-order valence-corrected chi connectivity index (χ4v) is 4.53. The van der Waals surface area contributed by atoms with Crippen LogP contribution in [0.5, 0.6) is 0 Å². The number of hydrogen-bond acceptors (Lipinski definition) is 5. The van der Waals surface area contributed by atoms with E-state index in [0.29, 0.717) is 23.3 Å². The number of amides is 1. The maximum Gasteiger partial charge on any atom is 0.251 e. The van der Waals surface area contributed by atoms with Gasteiger partial charge in [-0.15, -0.1) is 0 Å². The highest BCUT2D eigenvalue weighted by Crippen LogP contribution is 2.22. The van der Waals surface area contributed by atoms with E-state index in [1.165, 1.54) is 17.7 Å². The first-order chi connectivity index (χ1) is 18.4. The highest BCUT2D eigenvalue weighted by Gasteiger charge is 2.23. The SMILES string of the molecule is CCCc1noc2ccc(C(=O)N[C@@H](Cc3cc(F)cc(F)c3)[C@H](O)CNCc3cccc(CC)c3)cc12. The zero-order valence-corrected chi connectivity index (χ0v) is 21.6. The fraction of sp³-hybridized carbons (Fsp3) is 0.333. The Morgan fingerprint density at radius 2 is 1.76 bits per heavy atom. The van der Waals surface area contributed by atoms with Gasteiger partial charge in [-0.3, -0.25) is 4.79 Å². The van der Waals surface area contributed by atoms with Crippen LogP contribution in [0.3, 0.4) is 0 Å².